The van der Waals surface area contributed by atoms with Crippen LogP contribution in [0.1, 0.15) is 30.6 Å². The second kappa shape index (κ2) is 10.8. The quantitative estimate of drug-likeness (QED) is 0.588. The molecule has 0 fully saturated rings. The van der Waals surface area contributed by atoms with Crippen LogP contribution >= 0.6 is 23.2 Å². The number of Topliss-reactive ketones (excluding diaryl/α,β-unsaturated/α-hetero) is 1. The van der Waals surface area contributed by atoms with Crippen LogP contribution in [0.25, 0.3) is 0 Å². The highest BCUT2D eigenvalue weighted by Crippen LogP contribution is 2.25. The maximum absolute atomic E-state index is 12.5. The van der Waals surface area contributed by atoms with Crippen molar-refractivity contribution >= 4 is 46.5 Å². The Balaban J connectivity index is 1.98. The molecule has 0 aliphatic heterocycles. The van der Waals surface area contributed by atoms with E-state index < -0.39 is 5.91 Å². The van der Waals surface area contributed by atoms with Crippen LogP contribution in [0.2, 0.25) is 10.0 Å². The zero-order valence-corrected chi connectivity index (χ0v) is 17.7. The van der Waals surface area contributed by atoms with Crippen molar-refractivity contribution in [1.82, 2.24) is 4.90 Å². The van der Waals surface area contributed by atoms with Crippen LogP contribution in [0.15, 0.2) is 42.5 Å². The molecule has 1 N–H and O–H groups in total. The topological polar surface area (TPSA) is 75.7 Å². The number of benzene rings is 2. The molecule has 2 aromatic rings. The van der Waals surface area contributed by atoms with Crippen molar-refractivity contribution in [2.75, 3.05) is 25.0 Å². The molecule has 0 unspecified atom stereocenters. The molecule has 154 valence electrons. The highest BCUT2D eigenvalue weighted by molar-refractivity contribution is 6.35. The third-order valence-electron chi connectivity index (χ3n) is 3.99. The molecule has 6 nitrogen and oxygen atoms in total. The Hall–Kier alpha value is -2.57. The molecule has 29 heavy (non-hydrogen) atoms. The van der Waals surface area contributed by atoms with Gasteiger partial charge in [-0.3, -0.25) is 14.4 Å². The van der Waals surface area contributed by atoms with Gasteiger partial charge in [-0.2, -0.15) is 0 Å². The summed E-state index contributed by atoms with van der Waals surface area (Å²) in [6.07, 6.45) is 0.677. The van der Waals surface area contributed by atoms with Gasteiger partial charge in [-0.1, -0.05) is 42.3 Å². The fourth-order valence-corrected chi connectivity index (χ4v) is 2.90. The lowest BCUT2D eigenvalue weighted by Crippen LogP contribution is -2.41. The van der Waals surface area contributed by atoms with Gasteiger partial charge in [0.25, 0.3) is 5.91 Å². The molecule has 0 saturated carbocycles. The number of hydrogen-bond donors (Lipinski definition) is 1. The van der Waals surface area contributed by atoms with Crippen molar-refractivity contribution in [3.05, 3.63) is 58.1 Å². The Labute approximate surface area is 179 Å². The smallest absolute Gasteiger partial charge is 0.260 e. The summed E-state index contributed by atoms with van der Waals surface area (Å²) in [5, 5.41) is 3.45. The molecule has 0 saturated heterocycles. The van der Waals surface area contributed by atoms with Gasteiger partial charge < -0.3 is 15.0 Å². The highest BCUT2D eigenvalue weighted by atomic mass is 35.5. The number of carbonyl (C=O) groups excluding carboxylic acids is 3. The average Bonchev–Trinajstić information content (AvgIpc) is 2.68. The standard InChI is InChI=1S/C21H22Cl2N2O4/c1-3-9-25(12-20(27)24-19-11-16(22)7-8-18(19)23)21(28)13-29-17-6-4-5-15(10-17)14(2)26/h4-8,10-11H,3,9,12-13H2,1-2H3,(H,24,27). The number of halogens is 2. The SMILES string of the molecule is CCCN(CC(=O)Nc1cc(Cl)ccc1Cl)C(=O)COc1cccc(C(C)=O)c1. The Kier molecular flexibility index (Phi) is 8.49. The van der Waals surface area contributed by atoms with Gasteiger partial charge in [-0.25, -0.2) is 0 Å². The van der Waals surface area contributed by atoms with E-state index in [0.29, 0.717) is 40.0 Å². The average molecular weight is 437 g/mol. The van der Waals surface area contributed by atoms with Gasteiger partial charge in [0.2, 0.25) is 5.91 Å². The van der Waals surface area contributed by atoms with Gasteiger partial charge in [-0.15, -0.1) is 0 Å². The zero-order chi connectivity index (χ0) is 21.4. The number of nitrogens with one attached hydrogen (secondary N) is 1. The second-order valence-corrected chi connectivity index (χ2v) is 7.20. The second-order valence-electron chi connectivity index (χ2n) is 6.36. The Bertz CT molecular complexity index is 902. The van der Waals surface area contributed by atoms with E-state index in [4.69, 9.17) is 27.9 Å². The molecular formula is C21H22Cl2N2O4. The molecule has 0 atom stereocenters. The van der Waals surface area contributed by atoms with E-state index in [2.05, 4.69) is 5.32 Å². The zero-order valence-electron chi connectivity index (χ0n) is 16.2. The molecule has 0 aromatic heterocycles. The van der Waals surface area contributed by atoms with Crippen LogP contribution in [0, 0.1) is 0 Å². The first-order chi connectivity index (χ1) is 13.8. The summed E-state index contributed by atoms with van der Waals surface area (Å²) in [7, 11) is 0. The number of hydrogen-bond acceptors (Lipinski definition) is 4. The Morgan fingerprint density at radius 3 is 2.55 bits per heavy atom. The van der Waals surface area contributed by atoms with E-state index in [9.17, 15) is 14.4 Å². The monoisotopic (exact) mass is 436 g/mol. The minimum atomic E-state index is -0.394. The summed E-state index contributed by atoms with van der Waals surface area (Å²) < 4.78 is 5.51. The number of ketones is 1. The minimum Gasteiger partial charge on any atom is -0.484 e. The van der Waals surface area contributed by atoms with Crippen molar-refractivity contribution in [3.63, 3.8) is 0 Å². The van der Waals surface area contributed by atoms with E-state index >= 15 is 0 Å². The van der Waals surface area contributed by atoms with Gasteiger partial charge in [0.15, 0.2) is 12.4 Å². The van der Waals surface area contributed by atoms with Crippen LogP contribution in [0.5, 0.6) is 5.75 Å². The number of nitrogens with zero attached hydrogens (tertiary/aromatic N) is 1. The predicted octanol–water partition coefficient (Wildman–Crippen LogP) is 4.45. The van der Waals surface area contributed by atoms with E-state index in [1.54, 1.807) is 42.5 Å². The van der Waals surface area contributed by atoms with E-state index in [1.165, 1.54) is 11.8 Å². The molecular weight excluding hydrogens is 415 g/mol. The van der Waals surface area contributed by atoms with Gasteiger partial charge in [-0.05, 0) is 43.7 Å². The summed E-state index contributed by atoms with van der Waals surface area (Å²) in [6, 6.07) is 11.3. The van der Waals surface area contributed by atoms with Crippen LogP contribution in [0.3, 0.4) is 0 Å². The van der Waals surface area contributed by atoms with Crippen LogP contribution in [-0.2, 0) is 9.59 Å². The molecule has 2 rings (SSSR count). The molecule has 0 aliphatic carbocycles. The summed E-state index contributed by atoms with van der Waals surface area (Å²) in [4.78, 5) is 37.8. The van der Waals surface area contributed by atoms with Crippen molar-refractivity contribution < 1.29 is 19.1 Å². The predicted molar refractivity (Wildman–Crippen MR) is 114 cm³/mol. The number of amides is 2. The lowest BCUT2D eigenvalue weighted by atomic mass is 10.1. The lowest BCUT2D eigenvalue weighted by molar-refractivity contribution is -0.136. The van der Waals surface area contributed by atoms with Crippen LogP contribution < -0.4 is 10.1 Å². The van der Waals surface area contributed by atoms with Crippen LogP contribution in [0.4, 0.5) is 5.69 Å². The molecule has 2 amide bonds. The summed E-state index contributed by atoms with van der Waals surface area (Å²) in [6.45, 7) is 3.37. The molecule has 0 heterocycles. The fraction of sp³-hybridized carbons (Fsp3) is 0.286. The number of carbonyl (C=O) groups is 3. The minimum absolute atomic E-state index is 0.0919. The highest BCUT2D eigenvalue weighted by Gasteiger charge is 2.18. The largest absolute Gasteiger partial charge is 0.484 e. The summed E-state index contributed by atoms with van der Waals surface area (Å²) >= 11 is 12.0. The number of ether oxygens (including phenoxy) is 1. The lowest BCUT2D eigenvalue weighted by Gasteiger charge is -2.22. The third kappa shape index (κ3) is 7.07. The van der Waals surface area contributed by atoms with Crippen LogP contribution in [-0.4, -0.2) is 42.2 Å². The van der Waals surface area contributed by atoms with Crippen molar-refractivity contribution in [2.45, 2.75) is 20.3 Å². The Morgan fingerprint density at radius 1 is 1.10 bits per heavy atom. The van der Waals surface area contributed by atoms with Crippen molar-refractivity contribution in [3.8, 4) is 5.75 Å². The first-order valence-corrected chi connectivity index (χ1v) is 9.82. The first kappa shape index (κ1) is 22.7. The van der Waals surface area contributed by atoms with Gasteiger partial charge in [0.1, 0.15) is 5.75 Å². The molecule has 0 bridgehead atoms. The molecule has 2 aromatic carbocycles. The maximum atomic E-state index is 12.5. The normalized spacial score (nSPS) is 10.3. The van der Waals surface area contributed by atoms with E-state index in [1.807, 2.05) is 6.92 Å². The van der Waals surface area contributed by atoms with Crippen molar-refractivity contribution in [2.24, 2.45) is 0 Å². The van der Waals surface area contributed by atoms with Gasteiger partial charge >= 0.3 is 0 Å². The van der Waals surface area contributed by atoms with Crippen molar-refractivity contribution in [1.29, 1.82) is 0 Å². The van der Waals surface area contributed by atoms with E-state index in [0.717, 1.165) is 0 Å². The Morgan fingerprint density at radius 2 is 1.86 bits per heavy atom. The third-order valence-corrected chi connectivity index (χ3v) is 4.55. The summed E-state index contributed by atoms with van der Waals surface area (Å²) in [5.74, 6) is -0.412. The molecule has 0 aliphatic rings. The molecule has 8 heteroatoms. The number of anilines is 1. The maximum Gasteiger partial charge on any atom is 0.260 e. The summed E-state index contributed by atoms with van der Waals surface area (Å²) in [5.41, 5.74) is 0.878. The number of rotatable bonds is 9. The first-order valence-electron chi connectivity index (χ1n) is 9.06. The fourth-order valence-electron chi connectivity index (χ4n) is 2.56. The molecule has 0 radical (unpaired) electrons. The molecule has 0 spiro atoms. The van der Waals surface area contributed by atoms with Gasteiger partial charge in [0.05, 0.1) is 17.3 Å². The van der Waals surface area contributed by atoms with Gasteiger partial charge in [0, 0.05) is 17.1 Å². The van der Waals surface area contributed by atoms with E-state index in [-0.39, 0.29) is 24.8 Å².